The Morgan fingerprint density at radius 2 is 1.78 bits per heavy atom. The number of esters is 1. The zero-order valence-electron chi connectivity index (χ0n) is 15.3. The SMILES string of the molecule is COC(=O)/C=C/CN(CC#CCOC(=O)OC)S(=O)(=O)c1ccc(C)cc1. The van der Waals surface area contributed by atoms with Gasteiger partial charge < -0.3 is 14.2 Å². The quantitative estimate of drug-likeness (QED) is 0.392. The fraction of sp³-hybridized carbons (Fsp3) is 0.333. The molecule has 0 saturated heterocycles. The molecule has 0 fully saturated rings. The van der Waals surface area contributed by atoms with Crippen molar-refractivity contribution in [2.24, 2.45) is 0 Å². The number of hydrogen-bond donors (Lipinski definition) is 0. The van der Waals surface area contributed by atoms with Crippen LogP contribution in [0.15, 0.2) is 41.3 Å². The first-order valence-electron chi connectivity index (χ1n) is 7.79. The lowest BCUT2D eigenvalue weighted by Crippen LogP contribution is -2.32. The maximum Gasteiger partial charge on any atom is 0.508 e. The van der Waals surface area contributed by atoms with Crippen molar-refractivity contribution in [1.82, 2.24) is 4.31 Å². The third-order valence-corrected chi connectivity index (χ3v) is 5.06. The fourth-order valence-electron chi connectivity index (χ4n) is 1.79. The van der Waals surface area contributed by atoms with E-state index in [1.165, 1.54) is 32.4 Å². The third-order valence-electron chi connectivity index (χ3n) is 3.23. The molecule has 0 aliphatic heterocycles. The predicted octanol–water partition coefficient (Wildman–Crippen LogP) is 1.50. The van der Waals surface area contributed by atoms with Crippen molar-refractivity contribution in [3.8, 4) is 11.8 Å². The van der Waals surface area contributed by atoms with Gasteiger partial charge in [0.1, 0.15) is 0 Å². The first-order valence-corrected chi connectivity index (χ1v) is 9.23. The normalized spacial score (nSPS) is 11.0. The van der Waals surface area contributed by atoms with E-state index in [1.54, 1.807) is 12.1 Å². The summed E-state index contributed by atoms with van der Waals surface area (Å²) in [4.78, 5) is 22.1. The second-order valence-corrected chi connectivity index (χ2v) is 7.07. The van der Waals surface area contributed by atoms with Crippen LogP contribution in [0.25, 0.3) is 0 Å². The summed E-state index contributed by atoms with van der Waals surface area (Å²) in [7, 11) is -1.45. The van der Waals surface area contributed by atoms with Crippen molar-refractivity contribution in [2.45, 2.75) is 11.8 Å². The molecule has 0 heterocycles. The molecule has 0 aliphatic rings. The number of ether oxygens (including phenoxy) is 3. The number of nitrogens with zero attached hydrogens (tertiary/aromatic N) is 1. The topological polar surface area (TPSA) is 99.2 Å². The molecule has 1 aromatic rings. The summed E-state index contributed by atoms with van der Waals surface area (Å²) >= 11 is 0. The van der Waals surface area contributed by atoms with E-state index in [9.17, 15) is 18.0 Å². The van der Waals surface area contributed by atoms with Gasteiger partial charge in [0.25, 0.3) is 0 Å². The first kappa shape index (κ1) is 22.2. The van der Waals surface area contributed by atoms with Crippen LogP contribution in [0.2, 0.25) is 0 Å². The molecule has 27 heavy (non-hydrogen) atoms. The van der Waals surface area contributed by atoms with E-state index in [4.69, 9.17) is 0 Å². The Balaban J connectivity index is 2.94. The summed E-state index contributed by atoms with van der Waals surface area (Å²) in [5, 5.41) is 0. The number of methoxy groups -OCH3 is 2. The van der Waals surface area contributed by atoms with E-state index >= 15 is 0 Å². The number of benzene rings is 1. The molecule has 146 valence electrons. The van der Waals surface area contributed by atoms with Crippen molar-refractivity contribution in [2.75, 3.05) is 33.9 Å². The van der Waals surface area contributed by atoms with Gasteiger partial charge in [0.2, 0.25) is 10.0 Å². The molecule has 0 aromatic heterocycles. The lowest BCUT2D eigenvalue weighted by molar-refractivity contribution is -0.134. The zero-order valence-corrected chi connectivity index (χ0v) is 16.1. The molecule has 9 heteroatoms. The van der Waals surface area contributed by atoms with Crippen molar-refractivity contribution in [3.05, 3.63) is 42.0 Å². The number of carbonyl (C=O) groups is 2. The number of aryl methyl sites for hydroxylation is 1. The first-order chi connectivity index (χ1) is 12.8. The molecule has 0 N–H and O–H groups in total. The van der Waals surface area contributed by atoms with Gasteiger partial charge in [-0.2, -0.15) is 4.31 Å². The van der Waals surface area contributed by atoms with Crippen LogP contribution < -0.4 is 0 Å². The Labute approximate surface area is 158 Å². The molecule has 0 bridgehead atoms. The highest BCUT2D eigenvalue weighted by atomic mass is 32.2. The summed E-state index contributed by atoms with van der Waals surface area (Å²) < 4.78 is 40.1. The summed E-state index contributed by atoms with van der Waals surface area (Å²) in [6, 6.07) is 6.36. The lowest BCUT2D eigenvalue weighted by Gasteiger charge is -2.18. The molecule has 0 amide bonds. The average Bonchev–Trinajstić information content (AvgIpc) is 2.65. The van der Waals surface area contributed by atoms with Gasteiger partial charge in [0.05, 0.1) is 25.7 Å². The minimum absolute atomic E-state index is 0.0855. The molecule has 1 rings (SSSR count). The van der Waals surface area contributed by atoms with E-state index in [-0.39, 0.29) is 24.6 Å². The highest BCUT2D eigenvalue weighted by molar-refractivity contribution is 7.89. The standard InChI is InChI=1S/C18H21NO7S/c1-15-8-10-16(11-9-15)27(22,23)19(13-6-7-17(20)24-2)12-4-5-14-26-18(21)25-3/h6-11H,12-14H2,1-3H3/b7-6+. The number of hydrogen-bond acceptors (Lipinski definition) is 7. The van der Waals surface area contributed by atoms with Gasteiger partial charge in [0, 0.05) is 12.6 Å². The van der Waals surface area contributed by atoms with Crippen LogP contribution in [0.3, 0.4) is 0 Å². The van der Waals surface area contributed by atoms with Gasteiger partial charge in [0.15, 0.2) is 6.61 Å². The van der Waals surface area contributed by atoms with Gasteiger partial charge in [-0.25, -0.2) is 18.0 Å². The molecule has 0 radical (unpaired) electrons. The highest BCUT2D eigenvalue weighted by Crippen LogP contribution is 2.16. The van der Waals surface area contributed by atoms with Crippen LogP contribution in [-0.4, -0.2) is 58.8 Å². The van der Waals surface area contributed by atoms with Gasteiger partial charge in [-0.05, 0) is 19.1 Å². The Morgan fingerprint density at radius 1 is 1.11 bits per heavy atom. The van der Waals surface area contributed by atoms with Gasteiger partial charge in [-0.3, -0.25) is 0 Å². The Hall–Kier alpha value is -2.83. The zero-order chi connectivity index (χ0) is 20.3. The summed E-state index contributed by atoms with van der Waals surface area (Å²) in [5.74, 6) is 4.55. The number of carbonyl (C=O) groups excluding carboxylic acids is 2. The van der Waals surface area contributed by atoms with Crippen molar-refractivity contribution >= 4 is 22.1 Å². The van der Waals surface area contributed by atoms with E-state index in [1.807, 2.05) is 6.92 Å². The van der Waals surface area contributed by atoms with Crippen LogP contribution >= 0.6 is 0 Å². The van der Waals surface area contributed by atoms with E-state index in [0.29, 0.717) is 0 Å². The predicted molar refractivity (Wildman–Crippen MR) is 97.2 cm³/mol. The highest BCUT2D eigenvalue weighted by Gasteiger charge is 2.22. The molecule has 8 nitrogen and oxygen atoms in total. The fourth-order valence-corrected chi connectivity index (χ4v) is 3.09. The van der Waals surface area contributed by atoms with Crippen LogP contribution in [-0.2, 0) is 29.0 Å². The minimum Gasteiger partial charge on any atom is -0.466 e. The number of rotatable bonds is 7. The van der Waals surface area contributed by atoms with Crippen molar-refractivity contribution < 1.29 is 32.2 Å². The Kier molecular flexibility index (Phi) is 9.05. The van der Waals surface area contributed by atoms with E-state index in [0.717, 1.165) is 15.9 Å². The van der Waals surface area contributed by atoms with Crippen LogP contribution in [0.4, 0.5) is 4.79 Å². The molecule has 0 unspecified atom stereocenters. The molecule has 0 spiro atoms. The maximum absolute atomic E-state index is 12.8. The smallest absolute Gasteiger partial charge is 0.466 e. The monoisotopic (exact) mass is 395 g/mol. The number of sulfonamides is 1. The molecular weight excluding hydrogens is 374 g/mol. The van der Waals surface area contributed by atoms with Gasteiger partial charge >= 0.3 is 12.1 Å². The van der Waals surface area contributed by atoms with Gasteiger partial charge in [-0.1, -0.05) is 35.6 Å². The van der Waals surface area contributed by atoms with E-state index < -0.39 is 22.1 Å². The summed E-state index contributed by atoms with van der Waals surface area (Å²) in [5.41, 5.74) is 0.922. The van der Waals surface area contributed by atoms with Crippen LogP contribution in [0.5, 0.6) is 0 Å². The molecule has 0 saturated carbocycles. The van der Waals surface area contributed by atoms with Gasteiger partial charge in [-0.15, -0.1) is 0 Å². The summed E-state index contributed by atoms with van der Waals surface area (Å²) in [6.45, 7) is 1.37. The lowest BCUT2D eigenvalue weighted by atomic mass is 10.2. The molecule has 0 aliphatic carbocycles. The third kappa shape index (κ3) is 7.52. The maximum atomic E-state index is 12.8. The van der Waals surface area contributed by atoms with E-state index in [2.05, 4.69) is 26.1 Å². The molecule has 0 atom stereocenters. The average molecular weight is 395 g/mol. The van der Waals surface area contributed by atoms with Crippen LogP contribution in [0, 0.1) is 18.8 Å². The summed E-state index contributed by atoms with van der Waals surface area (Å²) in [6.07, 6.45) is 1.62. The Morgan fingerprint density at radius 3 is 2.37 bits per heavy atom. The largest absolute Gasteiger partial charge is 0.508 e. The van der Waals surface area contributed by atoms with Crippen molar-refractivity contribution in [3.63, 3.8) is 0 Å². The Bertz CT molecular complexity index is 833. The van der Waals surface area contributed by atoms with Crippen LogP contribution in [0.1, 0.15) is 5.56 Å². The minimum atomic E-state index is -3.84. The molecular formula is C18H21NO7S. The second-order valence-electron chi connectivity index (χ2n) is 5.13. The van der Waals surface area contributed by atoms with Crippen molar-refractivity contribution in [1.29, 1.82) is 0 Å². The molecule has 1 aromatic carbocycles. The second kappa shape index (κ2) is 11.0.